The van der Waals surface area contributed by atoms with Crippen molar-refractivity contribution in [3.05, 3.63) is 48.5 Å². The lowest BCUT2D eigenvalue weighted by Crippen LogP contribution is -2.08. The molecule has 0 aliphatic rings. The molecule has 0 aromatic heterocycles. The number of rotatable bonds is 6. The molecule has 6 nitrogen and oxygen atoms in total. The van der Waals surface area contributed by atoms with Gasteiger partial charge < -0.3 is 9.47 Å². The van der Waals surface area contributed by atoms with Crippen LogP contribution in [0.3, 0.4) is 0 Å². The van der Waals surface area contributed by atoms with Gasteiger partial charge >= 0.3 is 0 Å². The predicted octanol–water partition coefficient (Wildman–Crippen LogP) is 3.82. The fraction of sp³-hybridized carbons (Fsp3) is 0.133. The number of benzene rings is 2. The molecule has 0 heterocycles. The minimum Gasteiger partial charge on any atom is -0.497 e. The average molecular weight is 284 g/mol. The molecule has 0 aliphatic carbocycles. The molecule has 0 saturated carbocycles. The predicted molar refractivity (Wildman–Crippen MR) is 81.8 cm³/mol. The molecular formula is C15H16N4O2. The molecule has 0 unspecified atom stereocenters. The Morgan fingerprint density at radius 1 is 0.857 bits per heavy atom. The lowest BCUT2D eigenvalue weighted by atomic mass is 10.2. The van der Waals surface area contributed by atoms with Crippen molar-refractivity contribution in [2.24, 2.45) is 10.2 Å². The van der Waals surface area contributed by atoms with Crippen LogP contribution in [0.1, 0.15) is 0 Å². The summed E-state index contributed by atoms with van der Waals surface area (Å²) in [7, 11) is 3.24. The molecule has 0 atom stereocenters. The largest absolute Gasteiger partial charge is 0.497 e. The zero-order chi connectivity index (χ0) is 15.1. The number of anilines is 2. The maximum Gasteiger partial charge on any atom is 0.158 e. The van der Waals surface area contributed by atoms with Crippen LogP contribution in [0.4, 0.5) is 11.4 Å². The SMILES string of the molecule is COc1ccc(N(N=CN=N)c2ccc(OC)cc2)cc1. The van der Waals surface area contributed by atoms with Gasteiger partial charge in [0.1, 0.15) is 11.5 Å². The molecule has 108 valence electrons. The van der Waals surface area contributed by atoms with Crippen LogP contribution in [-0.2, 0) is 0 Å². The molecule has 0 saturated heterocycles. The molecular weight excluding hydrogens is 268 g/mol. The van der Waals surface area contributed by atoms with Gasteiger partial charge in [0.25, 0.3) is 0 Å². The van der Waals surface area contributed by atoms with Gasteiger partial charge in [-0.2, -0.15) is 5.10 Å². The summed E-state index contributed by atoms with van der Waals surface area (Å²) in [6.45, 7) is 0. The van der Waals surface area contributed by atoms with Crippen molar-refractivity contribution in [1.29, 1.82) is 5.53 Å². The number of methoxy groups -OCH3 is 2. The van der Waals surface area contributed by atoms with Crippen molar-refractivity contribution in [2.75, 3.05) is 19.2 Å². The number of hydrazone groups is 1. The van der Waals surface area contributed by atoms with Crippen LogP contribution in [0.25, 0.3) is 0 Å². The van der Waals surface area contributed by atoms with Gasteiger partial charge in [-0.25, -0.2) is 10.5 Å². The minimum atomic E-state index is 0.766. The third-order valence-corrected chi connectivity index (χ3v) is 2.86. The smallest absolute Gasteiger partial charge is 0.158 e. The van der Waals surface area contributed by atoms with Crippen molar-refractivity contribution in [2.45, 2.75) is 0 Å². The highest BCUT2D eigenvalue weighted by Crippen LogP contribution is 2.28. The molecule has 0 bridgehead atoms. The first-order valence-electron chi connectivity index (χ1n) is 6.25. The van der Waals surface area contributed by atoms with E-state index in [1.165, 1.54) is 6.34 Å². The monoisotopic (exact) mass is 284 g/mol. The van der Waals surface area contributed by atoms with Crippen molar-refractivity contribution in [3.63, 3.8) is 0 Å². The molecule has 2 aromatic carbocycles. The second kappa shape index (κ2) is 7.04. The van der Waals surface area contributed by atoms with E-state index >= 15 is 0 Å². The standard InChI is InChI=1S/C15H16N4O2/c1-20-14-7-3-12(4-8-14)19(18-11-17-16)13-5-9-15(21-2)10-6-13/h3-11,16H,1-2H3. The van der Waals surface area contributed by atoms with Gasteiger partial charge in [-0.3, -0.25) is 0 Å². The second-order valence-corrected chi connectivity index (χ2v) is 4.07. The Balaban J connectivity index is 2.35. The molecule has 0 fully saturated rings. The Hall–Kier alpha value is -2.89. The summed E-state index contributed by atoms with van der Waals surface area (Å²) < 4.78 is 10.3. The summed E-state index contributed by atoms with van der Waals surface area (Å²) in [6.07, 6.45) is 1.18. The van der Waals surface area contributed by atoms with E-state index in [4.69, 9.17) is 15.0 Å². The first-order valence-corrected chi connectivity index (χ1v) is 6.25. The average Bonchev–Trinajstić information content (AvgIpc) is 2.56. The quantitative estimate of drug-likeness (QED) is 0.379. The van der Waals surface area contributed by atoms with Gasteiger partial charge in [0.2, 0.25) is 0 Å². The maximum absolute atomic E-state index is 6.86. The highest BCUT2D eigenvalue weighted by molar-refractivity contribution is 5.67. The normalized spacial score (nSPS) is 10.4. The second-order valence-electron chi connectivity index (χ2n) is 4.07. The van der Waals surface area contributed by atoms with Gasteiger partial charge in [-0.1, -0.05) is 0 Å². The summed E-state index contributed by atoms with van der Waals surface area (Å²) in [4.78, 5) is 0. The fourth-order valence-corrected chi connectivity index (χ4v) is 1.81. The van der Waals surface area contributed by atoms with Crippen LogP contribution in [-0.4, -0.2) is 20.6 Å². The van der Waals surface area contributed by atoms with Gasteiger partial charge in [-0.05, 0) is 48.5 Å². The first kappa shape index (κ1) is 14.5. The minimum absolute atomic E-state index is 0.766. The van der Waals surface area contributed by atoms with Crippen LogP contribution in [0, 0.1) is 5.53 Å². The molecule has 0 aliphatic heterocycles. The molecule has 1 N–H and O–H groups in total. The van der Waals surface area contributed by atoms with E-state index in [-0.39, 0.29) is 0 Å². The van der Waals surface area contributed by atoms with E-state index in [0.29, 0.717) is 0 Å². The zero-order valence-electron chi connectivity index (χ0n) is 11.9. The maximum atomic E-state index is 6.86. The van der Waals surface area contributed by atoms with Crippen LogP contribution in [0.5, 0.6) is 11.5 Å². The van der Waals surface area contributed by atoms with Crippen LogP contribution >= 0.6 is 0 Å². The molecule has 21 heavy (non-hydrogen) atoms. The number of hydrogen-bond acceptors (Lipinski definition) is 5. The Labute approximate surface area is 123 Å². The summed E-state index contributed by atoms with van der Waals surface area (Å²) in [5.74, 6) is 1.53. The lowest BCUT2D eigenvalue weighted by Gasteiger charge is -2.19. The Kier molecular flexibility index (Phi) is 4.87. The number of nitrogens with zero attached hydrogens (tertiary/aromatic N) is 3. The van der Waals surface area contributed by atoms with E-state index in [0.717, 1.165) is 22.9 Å². The Bertz CT molecular complexity index is 561. The summed E-state index contributed by atoms with van der Waals surface area (Å²) >= 11 is 0. The number of nitrogens with one attached hydrogen (secondary N) is 1. The molecule has 6 heteroatoms. The third kappa shape index (κ3) is 3.56. The van der Waals surface area contributed by atoms with Crippen molar-refractivity contribution in [1.82, 2.24) is 0 Å². The van der Waals surface area contributed by atoms with Gasteiger partial charge in [0, 0.05) is 0 Å². The summed E-state index contributed by atoms with van der Waals surface area (Å²) in [6, 6.07) is 14.9. The first-order chi connectivity index (χ1) is 10.3. The summed E-state index contributed by atoms with van der Waals surface area (Å²) in [5, 5.41) is 9.00. The van der Waals surface area contributed by atoms with E-state index in [1.807, 2.05) is 48.5 Å². The molecule has 0 radical (unpaired) electrons. The molecule has 2 rings (SSSR count). The van der Waals surface area contributed by atoms with Crippen molar-refractivity contribution < 1.29 is 9.47 Å². The van der Waals surface area contributed by atoms with Crippen molar-refractivity contribution in [3.8, 4) is 11.5 Å². The van der Waals surface area contributed by atoms with E-state index < -0.39 is 0 Å². The Morgan fingerprint density at radius 2 is 1.29 bits per heavy atom. The molecule has 0 amide bonds. The van der Waals surface area contributed by atoms with E-state index in [2.05, 4.69) is 10.2 Å². The summed E-state index contributed by atoms with van der Waals surface area (Å²) in [5.41, 5.74) is 8.53. The number of hydrogen-bond donors (Lipinski definition) is 1. The van der Waals surface area contributed by atoms with Crippen LogP contribution in [0.2, 0.25) is 0 Å². The Morgan fingerprint density at radius 3 is 1.62 bits per heavy atom. The third-order valence-electron chi connectivity index (χ3n) is 2.86. The lowest BCUT2D eigenvalue weighted by molar-refractivity contribution is 0.415. The van der Waals surface area contributed by atoms with Gasteiger partial charge in [-0.15, -0.1) is 5.11 Å². The highest BCUT2D eigenvalue weighted by Gasteiger charge is 2.08. The van der Waals surface area contributed by atoms with Gasteiger partial charge in [0.05, 0.1) is 25.6 Å². The zero-order valence-corrected chi connectivity index (χ0v) is 11.9. The van der Waals surface area contributed by atoms with Crippen LogP contribution in [0.15, 0.2) is 58.7 Å². The molecule has 2 aromatic rings. The van der Waals surface area contributed by atoms with E-state index in [1.54, 1.807) is 19.2 Å². The van der Waals surface area contributed by atoms with Crippen molar-refractivity contribution >= 4 is 17.7 Å². The van der Waals surface area contributed by atoms with Crippen LogP contribution < -0.4 is 14.5 Å². The number of ether oxygens (including phenoxy) is 2. The fourth-order valence-electron chi connectivity index (χ4n) is 1.81. The van der Waals surface area contributed by atoms with E-state index in [9.17, 15) is 0 Å². The topological polar surface area (TPSA) is 70.3 Å². The highest BCUT2D eigenvalue weighted by atomic mass is 16.5. The molecule has 0 spiro atoms. The van der Waals surface area contributed by atoms with Gasteiger partial charge in [0.15, 0.2) is 6.34 Å².